The molecule has 2 rings (SSSR count). The first-order chi connectivity index (χ1) is 6.90. The summed E-state index contributed by atoms with van der Waals surface area (Å²) in [4.78, 5) is 5.72. The van der Waals surface area contributed by atoms with Crippen LogP contribution in [0.4, 0.5) is 0 Å². The smallest absolute Gasteiger partial charge is 0.0959 e. The molecule has 0 bridgehead atoms. The predicted octanol–water partition coefficient (Wildman–Crippen LogP) is 1.49. The van der Waals surface area contributed by atoms with Crippen LogP contribution in [0.3, 0.4) is 0 Å². The van der Waals surface area contributed by atoms with Gasteiger partial charge in [-0.2, -0.15) is 0 Å². The standard InChI is InChI=1S/C10H16N2OS/c13-5-1-4-11-6-9-7-12-10(14-9)8-2-3-8/h7-8,11,13H,1-6H2. The van der Waals surface area contributed by atoms with E-state index in [0.29, 0.717) is 0 Å². The second-order valence-corrected chi connectivity index (χ2v) is 4.84. The lowest BCUT2D eigenvalue weighted by atomic mass is 10.4. The maximum Gasteiger partial charge on any atom is 0.0959 e. The van der Waals surface area contributed by atoms with Crippen LogP contribution in [0.1, 0.15) is 35.1 Å². The Kier molecular flexibility index (Phi) is 3.50. The monoisotopic (exact) mass is 212 g/mol. The van der Waals surface area contributed by atoms with E-state index in [2.05, 4.69) is 10.3 Å². The van der Waals surface area contributed by atoms with Gasteiger partial charge in [0.15, 0.2) is 0 Å². The van der Waals surface area contributed by atoms with Gasteiger partial charge < -0.3 is 10.4 Å². The van der Waals surface area contributed by atoms with E-state index < -0.39 is 0 Å². The molecular weight excluding hydrogens is 196 g/mol. The second kappa shape index (κ2) is 4.87. The molecular formula is C10H16N2OS. The minimum absolute atomic E-state index is 0.267. The molecule has 0 aromatic carbocycles. The van der Waals surface area contributed by atoms with E-state index >= 15 is 0 Å². The number of aliphatic hydroxyl groups excluding tert-OH is 1. The van der Waals surface area contributed by atoms with Crippen LogP contribution in [0.2, 0.25) is 0 Å². The lowest BCUT2D eigenvalue weighted by Gasteiger charge is -1.99. The molecule has 1 aromatic rings. The molecule has 0 radical (unpaired) electrons. The summed E-state index contributed by atoms with van der Waals surface area (Å²) >= 11 is 1.83. The van der Waals surface area contributed by atoms with Gasteiger partial charge in [-0.3, -0.25) is 0 Å². The summed E-state index contributed by atoms with van der Waals surface area (Å²) in [5, 5.41) is 13.2. The first-order valence-corrected chi connectivity index (χ1v) is 5.98. The van der Waals surface area contributed by atoms with E-state index in [-0.39, 0.29) is 6.61 Å². The number of nitrogens with zero attached hydrogens (tertiary/aromatic N) is 1. The lowest BCUT2D eigenvalue weighted by molar-refractivity contribution is 0.286. The maximum atomic E-state index is 8.60. The van der Waals surface area contributed by atoms with Crippen LogP contribution in [0, 0.1) is 0 Å². The third-order valence-electron chi connectivity index (χ3n) is 2.31. The van der Waals surface area contributed by atoms with Crippen LogP contribution in [-0.4, -0.2) is 23.2 Å². The predicted molar refractivity (Wildman–Crippen MR) is 57.5 cm³/mol. The lowest BCUT2D eigenvalue weighted by Crippen LogP contribution is -2.14. The van der Waals surface area contributed by atoms with Crippen molar-refractivity contribution in [2.45, 2.75) is 31.7 Å². The number of rotatable bonds is 6. The van der Waals surface area contributed by atoms with Gasteiger partial charge in [0.1, 0.15) is 0 Å². The molecule has 1 saturated carbocycles. The fourth-order valence-corrected chi connectivity index (χ4v) is 2.40. The van der Waals surface area contributed by atoms with E-state index in [4.69, 9.17) is 5.11 Å². The van der Waals surface area contributed by atoms with Crippen LogP contribution in [0.15, 0.2) is 6.20 Å². The van der Waals surface area contributed by atoms with E-state index in [9.17, 15) is 0 Å². The zero-order valence-electron chi connectivity index (χ0n) is 8.20. The van der Waals surface area contributed by atoms with E-state index in [1.54, 1.807) is 0 Å². The number of nitrogens with one attached hydrogen (secondary N) is 1. The highest BCUT2D eigenvalue weighted by molar-refractivity contribution is 7.11. The summed E-state index contributed by atoms with van der Waals surface area (Å²) in [6.07, 6.45) is 5.45. The van der Waals surface area contributed by atoms with Gasteiger partial charge in [-0.05, 0) is 25.8 Å². The normalized spacial score (nSPS) is 16.1. The number of aromatic nitrogens is 1. The van der Waals surface area contributed by atoms with Crippen molar-refractivity contribution in [2.24, 2.45) is 0 Å². The van der Waals surface area contributed by atoms with Gasteiger partial charge in [0.25, 0.3) is 0 Å². The van der Waals surface area contributed by atoms with Crippen LogP contribution < -0.4 is 5.32 Å². The molecule has 1 fully saturated rings. The van der Waals surface area contributed by atoms with E-state index in [0.717, 1.165) is 25.4 Å². The van der Waals surface area contributed by atoms with Crippen molar-refractivity contribution in [1.82, 2.24) is 10.3 Å². The van der Waals surface area contributed by atoms with Crippen molar-refractivity contribution in [2.75, 3.05) is 13.2 Å². The van der Waals surface area contributed by atoms with Gasteiger partial charge >= 0.3 is 0 Å². The number of hydrogen-bond acceptors (Lipinski definition) is 4. The first-order valence-electron chi connectivity index (χ1n) is 5.16. The highest BCUT2D eigenvalue weighted by Crippen LogP contribution is 2.41. The van der Waals surface area contributed by atoms with E-state index in [1.807, 2.05) is 17.5 Å². The topological polar surface area (TPSA) is 45.1 Å². The first kappa shape index (κ1) is 10.1. The second-order valence-electron chi connectivity index (χ2n) is 3.69. The van der Waals surface area contributed by atoms with Gasteiger partial charge in [-0.25, -0.2) is 4.98 Å². The third kappa shape index (κ3) is 2.77. The summed E-state index contributed by atoms with van der Waals surface area (Å²) in [7, 11) is 0. The minimum Gasteiger partial charge on any atom is -0.396 e. The van der Waals surface area contributed by atoms with Gasteiger partial charge in [-0.15, -0.1) is 11.3 Å². The minimum atomic E-state index is 0.267. The average molecular weight is 212 g/mol. The Labute approximate surface area is 88.2 Å². The summed E-state index contributed by atoms with van der Waals surface area (Å²) in [5.74, 6) is 0.770. The Morgan fingerprint density at radius 1 is 1.57 bits per heavy atom. The molecule has 0 atom stereocenters. The molecule has 0 aliphatic heterocycles. The molecule has 0 amide bonds. The molecule has 0 saturated heterocycles. The van der Waals surface area contributed by atoms with Crippen molar-refractivity contribution in [3.8, 4) is 0 Å². The van der Waals surface area contributed by atoms with Crippen molar-refractivity contribution in [1.29, 1.82) is 0 Å². The molecule has 1 aliphatic rings. The highest BCUT2D eigenvalue weighted by Gasteiger charge is 2.26. The quantitative estimate of drug-likeness (QED) is 0.702. The zero-order valence-corrected chi connectivity index (χ0v) is 9.02. The molecule has 4 heteroatoms. The Morgan fingerprint density at radius 2 is 2.43 bits per heavy atom. The number of hydrogen-bond donors (Lipinski definition) is 2. The van der Waals surface area contributed by atoms with Crippen molar-refractivity contribution in [3.63, 3.8) is 0 Å². The maximum absolute atomic E-state index is 8.60. The Balaban J connectivity index is 1.72. The van der Waals surface area contributed by atoms with Gasteiger partial charge in [0.05, 0.1) is 5.01 Å². The SMILES string of the molecule is OCCCNCc1cnc(C2CC2)s1. The Morgan fingerprint density at radius 3 is 3.14 bits per heavy atom. The van der Waals surface area contributed by atoms with E-state index in [1.165, 1.54) is 22.7 Å². The number of thiazole rings is 1. The summed E-state index contributed by atoms with van der Waals surface area (Å²) in [6.45, 7) is 2.04. The molecule has 78 valence electrons. The van der Waals surface area contributed by atoms with Gasteiger partial charge in [-0.1, -0.05) is 0 Å². The molecule has 3 nitrogen and oxygen atoms in total. The molecule has 14 heavy (non-hydrogen) atoms. The molecule has 1 aromatic heterocycles. The zero-order chi connectivity index (χ0) is 9.80. The summed E-state index contributed by atoms with van der Waals surface area (Å²) in [5.41, 5.74) is 0. The van der Waals surface area contributed by atoms with Crippen LogP contribution in [0.25, 0.3) is 0 Å². The van der Waals surface area contributed by atoms with Crippen LogP contribution in [-0.2, 0) is 6.54 Å². The molecule has 2 N–H and O–H groups in total. The van der Waals surface area contributed by atoms with Crippen molar-refractivity contribution < 1.29 is 5.11 Å². The van der Waals surface area contributed by atoms with Gasteiger partial charge in [0, 0.05) is 30.1 Å². The molecule has 0 spiro atoms. The number of aliphatic hydroxyl groups is 1. The Hall–Kier alpha value is -0.450. The van der Waals surface area contributed by atoms with Crippen LogP contribution >= 0.6 is 11.3 Å². The summed E-state index contributed by atoms with van der Waals surface area (Å²) in [6, 6.07) is 0. The molecule has 1 heterocycles. The Bertz CT molecular complexity index is 283. The van der Waals surface area contributed by atoms with Crippen molar-refractivity contribution in [3.05, 3.63) is 16.1 Å². The largest absolute Gasteiger partial charge is 0.396 e. The fourth-order valence-electron chi connectivity index (χ4n) is 1.34. The van der Waals surface area contributed by atoms with Gasteiger partial charge in [0.2, 0.25) is 0 Å². The highest BCUT2D eigenvalue weighted by atomic mass is 32.1. The van der Waals surface area contributed by atoms with Crippen molar-refractivity contribution >= 4 is 11.3 Å². The summed E-state index contributed by atoms with van der Waals surface area (Å²) < 4.78 is 0. The third-order valence-corrected chi connectivity index (χ3v) is 3.47. The average Bonchev–Trinajstić information content (AvgIpc) is 2.94. The fraction of sp³-hybridized carbons (Fsp3) is 0.700. The molecule has 0 unspecified atom stereocenters. The van der Waals surface area contributed by atoms with Crippen LogP contribution in [0.5, 0.6) is 0 Å². The molecule has 1 aliphatic carbocycles.